The number of allylic oxidation sites excluding steroid dienone is 3. The van der Waals surface area contributed by atoms with E-state index in [0.717, 1.165) is 95.4 Å². The second kappa shape index (κ2) is 14.9. The summed E-state index contributed by atoms with van der Waals surface area (Å²) in [5.74, 6) is 0.0956. The van der Waals surface area contributed by atoms with Crippen LogP contribution < -0.4 is 32.0 Å². The number of hydrogen-bond acceptors (Lipinski definition) is 6. The summed E-state index contributed by atoms with van der Waals surface area (Å²) in [5, 5.41) is 11.9. The van der Waals surface area contributed by atoms with Crippen molar-refractivity contribution in [2.24, 2.45) is 35.3 Å². The van der Waals surface area contributed by atoms with E-state index in [0.29, 0.717) is 24.7 Å². The van der Waals surface area contributed by atoms with Crippen LogP contribution in [0.5, 0.6) is 0 Å². The summed E-state index contributed by atoms with van der Waals surface area (Å²) >= 11 is 0. The second-order valence-corrected chi connectivity index (χ2v) is 16.8. The zero-order chi connectivity index (χ0) is 35.8. The Morgan fingerprint density at radius 1 is 1.16 bits per heavy atom. The standard InChI is InChI=1S/C40H60N6O5/c1-4-43-32-21-27-11-6-5-10-26(27)20-28(32)24-50-36(49)40-35(48)31-13-8-7-12-30(31)34(47)39(40,51-40)17-14-25(2)23-38(29-15-19-44-33(41)22-29)16-9-18-45-37(42-3)46-38/h6,11,14,21,26,28-33,43-44H,4-5,7-10,12-13,15-20,22-24,41H2,1-3H3,(H2,42,45,46)/p+3. The lowest BCUT2D eigenvalue weighted by atomic mass is 9.61. The third-order valence-electron chi connectivity index (χ3n) is 13.6. The van der Waals surface area contributed by atoms with Crippen LogP contribution in [0.1, 0.15) is 97.3 Å². The fourth-order valence-electron chi connectivity index (χ4n) is 10.9. The molecule has 51 heavy (non-hydrogen) atoms. The Balaban J connectivity index is 1.13. The lowest BCUT2D eigenvalue weighted by Crippen LogP contribution is -2.95. The fraction of sp³-hybridized carbons (Fsp3) is 0.750. The van der Waals surface area contributed by atoms with Gasteiger partial charge in [0.1, 0.15) is 18.8 Å². The monoisotopic (exact) mass is 707 g/mol. The van der Waals surface area contributed by atoms with Crippen LogP contribution in [-0.4, -0.2) is 85.7 Å². The van der Waals surface area contributed by atoms with Gasteiger partial charge in [0.15, 0.2) is 17.2 Å². The Kier molecular flexibility index (Phi) is 10.6. The molecule has 9 N–H and O–H groups in total. The molecular formula is C40H63N6O5+3. The first kappa shape index (κ1) is 36.5. The van der Waals surface area contributed by atoms with Crippen LogP contribution >= 0.6 is 0 Å². The topological polar surface area (TPSA) is 170 Å². The van der Waals surface area contributed by atoms with Gasteiger partial charge in [-0.1, -0.05) is 36.6 Å². The number of esters is 1. The zero-order valence-electron chi connectivity index (χ0n) is 31.1. The summed E-state index contributed by atoms with van der Waals surface area (Å²) in [4.78, 5) is 46.5. The number of guanidine groups is 1. The van der Waals surface area contributed by atoms with Crippen molar-refractivity contribution >= 4 is 23.5 Å². The molecule has 0 amide bonds. The summed E-state index contributed by atoms with van der Waals surface area (Å²) in [6, 6.07) is 0.202. The van der Waals surface area contributed by atoms with E-state index < -0.39 is 23.1 Å². The largest absolute Gasteiger partial charge is 0.463 e. The highest BCUT2D eigenvalue weighted by Gasteiger charge is 2.87. The van der Waals surface area contributed by atoms with Gasteiger partial charge in [-0.15, -0.1) is 0 Å². The Labute approximate surface area is 303 Å². The van der Waals surface area contributed by atoms with Crippen molar-refractivity contribution in [2.75, 3.05) is 33.3 Å². The van der Waals surface area contributed by atoms with Crippen molar-refractivity contribution in [1.29, 1.82) is 0 Å². The molecule has 11 nitrogen and oxygen atoms in total. The van der Waals surface area contributed by atoms with E-state index >= 15 is 0 Å². The molecule has 0 spiro atoms. The molecule has 5 fully saturated rings. The van der Waals surface area contributed by atoms with Crippen LogP contribution in [0, 0.1) is 29.6 Å². The summed E-state index contributed by atoms with van der Waals surface area (Å²) in [6.07, 6.45) is 20.2. The SMILES string of the molecule is CC[NH2+]C1C=C2C=CCCC2CC1COC(=O)C12OC1(CC=C(C)CC1(C3CC[NH2+]C(N)C3)CCCNC(=[NH+]C)N1)C(=O)C1CCCCC1C2=O. The van der Waals surface area contributed by atoms with Crippen LogP contribution in [0.4, 0.5) is 0 Å². The molecule has 7 aliphatic rings. The van der Waals surface area contributed by atoms with Crippen LogP contribution in [0.3, 0.4) is 0 Å². The number of rotatable bonds is 10. The Morgan fingerprint density at radius 2 is 1.96 bits per heavy atom. The fourth-order valence-corrected chi connectivity index (χ4v) is 10.9. The van der Waals surface area contributed by atoms with Gasteiger partial charge < -0.3 is 20.1 Å². The quantitative estimate of drug-likeness (QED) is 0.0773. The maximum atomic E-state index is 14.5. The number of nitrogens with two attached hydrogens (primary N) is 3. The number of fused-ring (bicyclic) bond motifs is 3. The average Bonchev–Trinajstić information content (AvgIpc) is 3.89. The summed E-state index contributed by atoms with van der Waals surface area (Å²) < 4.78 is 12.5. The lowest BCUT2D eigenvalue weighted by Gasteiger charge is -2.41. The van der Waals surface area contributed by atoms with E-state index in [1.165, 1.54) is 5.57 Å². The number of nitrogens with one attached hydrogen (secondary N) is 3. The Bertz CT molecular complexity index is 1490. The first-order valence-corrected chi connectivity index (χ1v) is 20.1. The minimum Gasteiger partial charge on any atom is -0.463 e. The van der Waals surface area contributed by atoms with Crippen LogP contribution in [0.25, 0.3) is 0 Å². The molecule has 3 heterocycles. The van der Waals surface area contributed by atoms with Gasteiger partial charge in [0.2, 0.25) is 0 Å². The molecule has 0 aromatic carbocycles. The van der Waals surface area contributed by atoms with Gasteiger partial charge in [-0.05, 0) is 76.4 Å². The molecule has 0 radical (unpaired) electrons. The Morgan fingerprint density at radius 3 is 2.73 bits per heavy atom. The first-order chi connectivity index (χ1) is 24.7. The van der Waals surface area contributed by atoms with Gasteiger partial charge in [0, 0.05) is 49.4 Å². The maximum absolute atomic E-state index is 14.5. The smallest absolute Gasteiger partial charge is 0.350 e. The highest BCUT2D eigenvalue weighted by atomic mass is 16.7. The van der Waals surface area contributed by atoms with E-state index in [1.807, 2.05) is 7.05 Å². The molecule has 0 aromatic rings. The van der Waals surface area contributed by atoms with Gasteiger partial charge in [-0.2, -0.15) is 0 Å². The van der Waals surface area contributed by atoms with Crippen LogP contribution in [0.15, 0.2) is 35.5 Å². The zero-order valence-corrected chi connectivity index (χ0v) is 31.1. The Hall–Kier alpha value is -2.86. The van der Waals surface area contributed by atoms with E-state index in [9.17, 15) is 14.4 Å². The molecule has 7 rings (SSSR count). The van der Waals surface area contributed by atoms with Crippen molar-refractivity contribution < 1.29 is 39.5 Å². The van der Waals surface area contributed by atoms with E-state index in [-0.39, 0.29) is 54.2 Å². The minimum atomic E-state index is -1.84. The number of ketones is 2. The third-order valence-corrected chi connectivity index (χ3v) is 13.6. The van der Waals surface area contributed by atoms with Crippen LogP contribution in [0.2, 0.25) is 0 Å². The van der Waals surface area contributed by atoms with Gasteiger partial charge in [-0.25, -0.2) is 4.79 Å². The predicted octanol–water partition coefficient (Wildman–Crippen LogP) is -0.377. The normalized spacial score (nSPS) is 41.6. The number of hydrogen-bond donors (Lipinski definition) is 6. The van der Waals surface area contributed by atoms with Gasteiger partial charge in [-0.3, -0.25) is 30.9 Å². The number of quaternary nitrogens is 2. The number of piperidine rings is 1. The molecule has 0 aromatic heterocycles. The van der Waals surface area contributed by atoms with E-state index in [1.54, 1.807) is 0 Å². The summed E-state index contributed by atoms with van der Waals surface area (Å²) in [6.45, 7) is 7.29. The third kappa shape index (κ3) is 6.65. The number of carbonyl (C=O) groups is 3. The molecule has 10 unspecified atom stereocenters. The number of ether oxygens (including phenoxy) is 2. The number of Topliss-reactive ketones (excluding diaryl/α,β-unsaturated/α-hetero) is 2. The van der Waals surface area contributed by atoms with Crippen LogP contribution in [-0.2, 0) is 23.9 Å². The molecule has 4 aliphatic carbocycles. The molecule has 280 valence electrons. The minimum absolute atomic E-state index is 0.0713. The summed E-state index contributed by atoms with van der Waals surface area (Å²) in [5.41, 5.74) is 5.44. The number of carbonyl (C=O) groups excluding carboxylic acids is 3. The molecule has 10 atom stereocenters. The van der Waals surface area contributed by atoms with Gasteiger partial charge in [0.05, 0.1) is 32.2 Å². The number of likely N-dealkylation sites (N-methyl/N-ethyl adjacent to an activating group) is 1. The highest BCUT2D eigenvalue weighted by Crippen LogP contribution is 2.61. The molecule has 3 saturated heterocycles. The van der Waals surface area contributed by atoms with E-state index in [4.69, 9.17) is 15.2 Å². The van der Waals surface area contributed by atoms with Crippen molar-refractivity contribution in [2.45, 2.75) is 126 Å². The molecule has 11 heteroatoms. The predicted molar refractivity (Wildman–Crippen MR) is 193 cm³/mol. The van der Waals surface area contributed by atoms with Gasteiger partial charge >= 0.3 is 11.9 Å². The second-order valence-electron chi connectivity index (χ2n) is 16.8. The van der Waals surface area contributed by atoms with Crippen molar-refractivity contribution in [3.05, 3.63) is 35.5 Å². The van der Waals surface area contributed by atoms with Crippen molar-refractivity contribution in [1.82, 2.24) is 10.6 Å². The average molecular weight is 708 g/mol. The number of epoxide rings is 1. The maximum Gasteiger partial charge on any atom is 0.350 e. The van der Waals surface area contributed by atoms with Crippen molar-refractivity contribution in [3.8, 4) is 0 Å². The van der Waals surface area contributed by atoms with Gasteiger partial charge in [0.25, 0.3) is 5.60 Å². The highest BCUT2D eigenvalue weighted by molar-refractivity contribution is 6.23. The first-order valence-electron chi connectivity index (χ1n) is 20.1. The van der Waals surface area contributed by atoms with E-state index in [2.05, 4.69) is 64.4 Å². The molecular weight excluding hydrogens is 644 g/mol. The lowest BCUT2D eigenvalue weighted by molar-refractivity contribution is -0.699. The molecule has 0 bridgehead atoms. The summed E-state index contributed by atoms with van der Waals surface area (Å²) in [7, 11) is 1.93. The molecule has 3 aliphatic heterocycles. The molecule has 2 saturated carbocycles. The van der Waals surface area contributed by atoms with Crippen molar-refractivity contribution in [3.63, 3.8) is 0 Å².